The fourth-order valence-corrected chi connectivity index (χ4v) is 4.30. The first-order chi connectivity index (χ1) is 8.71. The molecule has 4 unspecified atom stereocenters. The molecule has 1 rings (SSSR count). The smallest absolute Gasteiger partial charge is 0.0861 e. The molecule has 0 heterocycles. The Hall–Kier alpha value is 0.230. The summed E-state index contributed by atoms with van der Waals surface area (Å²) in [4.78, 5) is 0. The van der Waals surface area contributed by atoms with Crippen LogP contribution in [0, 0.1) is 5.92 Å². The lowest BCUT2D eigenvalue weighted by atomic mass is 9.83. The molecule has 0 aromatic rings. The number of aliphatic hydroxyl groups excluding tert-OH is 2. The van der Waals surface area contributed by atoms with Crippen LogP contribution in [0.2, 0.25) is 0 Å². The highest BCUT2D eigenvalue weighted by Crippen LogP contribution is 2.35. The Morgan fingerprint density at radius 2 is 2.11 bits per heavy atom. The molecule has 0 bridgehead atoms. The second-order valence-electron chi connectivity index (χ2n) is 5.34. The van der Waals surface area contributed by atoms with E-state index in [1.807, 2.05) is 11.8 Å². The first kappa shape index (κ1) is 16.3. The fraction of sp³-hybridized carbons (Fsp3) is 1.00. The second-order valence-corrected chi connectivity index (χ2v) is 6.61. The van der Waals surface area contributed by atoms with Crippen LogP contribution in [0.4, 0.5) is 0 Å². The third-order valence-corrected chi connectivity index (χ3v) is 5.30. The Bertz CT molecular complexity index is 216. The quantitative estimate of drug-likeness (QED) is 0.634. The predicted octanol–water partition coefficient (Wildman–Crippen LogP) is 2.02. The van der Waals surface area contributed by atoms with E-state index in [2.05, 4.69) is 19.2 Å². The van der Waals surface area contributed by atoms with Crippen LogP contribution in [0.15, 0.2) is 0 Å². The maximum absolute atomic E-state index is 9.48. The van der Waals surface area contributed by atoms with E-state index in [1.165, 1.54) is 32.1 Å². The molecule has 0 spiro atoms. The van der Waals surface area contributed by atoms with E-state index >= 15 is 0 Å². The van der Waals surface area contributed by atoms with Crippen molar-refractivity contribution in [3.63, 3.8) is 0 Å². The number of rotatable bonds is 8. The molecule has 108 valence electrons. The Morgan fingerprint density at radius 1 is 1.33 bits per heavy atom. The lowest BCUT2D eigenvalue weighted by molar-refractivity contribution is 0.113. The summed E-state index contributed by atoms with van der Waals surface area (Å²) >= 11 is 1.84. The SMILES string of the molecule is CCCC1CCC(NCC)C(SCC(O)CO)C1. The highest BCUT2D eigenvalue weighted by molar-refractivity contribution is 8.00. The van der Waals surface area contributed by atoms with Gasteiger partial charge in [0.1, 0.15) is 0 Å². The zero-order chi connectivity index (χ0) is 13.4. The van der Waals surface area contributed by atoms with Crippen molar-refractivity contribution in [3.05, 3.63) is 0 Å². The van der Waals surface area contributed by atoms with Crippen LogP contribution in [0.3, 0.4) is 0 Å². The maximum Gasteiger partial charge on any atom is 0.0861 e. The molecule has 1 saturated carbocycles. The van der Waals surface area contributed by atoms with Crippen molar-refractivity contribution >= 4 is 11.8 Å². The van der Waals surface area contributed by atoms with Crippen LogP contribution < -0.4 is 5.32 Å². The van der Waals surface area contributed by atoms with Gasteiger partial charge in [0.05, 0.1) is 12.7 Å². The summed E-state index contributed by atoms with van der Waals surface area (Å²) in [5.41, 5.74) is 0. The van der Waals surface area contributed by atoms with Crippen molar-refractivity contribution < 1.29 is 10.2 Å². The Labute approximate surface area is 116 Å². The van der Waals surface area contributed by atoms with E-state index in [0.717, 1.165) is 12.5 Å². The third-order valence-electron chi connectivity index (χ3n) is 3.78. The molecule has 0 aromatic carbocycles. The standard InChI is InChI=1S/C14H29NO2S/c1-3-5-11-6-7-13(15-4-2)14(8-11)18-10-12(17)9-16/h11-17H,3-10H2,1-2H3. The van der Waals surface area contributed by atoms with Crippen molar-refractivity contribution in [1.82, 2.24) is 5.32 Å². The number of hydrogen-bond acceptors (Lipinski definition) is 4. The van der Waals surface area contributed by atoms with Crippen molar-refractivity contribution in [2.24, 2.45) is 5.92 Å². The van der Waals surface area contributed by atoms with E-state index in [0.29, 0.717) is 17.0 Å². The number of hydrogen-bond donors (Lipinski definition) is 3. The molecule has 1 aliphatic rings. The molecule has 0 aliphatic heterocycles. The van der Waals surface area contributed by atoms with Crippen molar-refractivity contribution in [1.29, 1.82) is 0 Å². The molecule has 4 atom stereocenters. The molecule has 1 aliphatic carbocycles. The van der Waals surface area contributed by atoms with Gasteiger partial charge in [-0.3, -0.25) is 0 Å². The summed E-state index contributed by atoms with van der Waals surface area (Å²) in [7, 11) is 0. The van der Waals surface area contributed by atoms with Gasteiger partial charge in [-0.2, -0.15) is 11.8 Å². The third kappa shape index (κ3) is 5.47. The normalized spacial score (nSPS) is 30.3. The summed E-state index contributed by atoms with van der Waals surface area (Å²) in [6, 6.07) is 0.582. The average molecular weight is 275 g/mol. The van der Waals surface area contributed by atoms with E-state index in [-0.39, 0.29) is 6.61 Å². The fourth-order valence-electron chi connectivity index (χ4n) is 2.85. The summed E-state index contributed by atoms with van der Waals surface area (Å²) in [6.07, 6.45) is 5.89. The van der Waals surface area contributed by atoms with Crippen LogP contribution in [0.5, 0.6) is 0 Å². The zero-order valence-electron chi connectivity index (χ0n) is 11.8. The lowest BCUT2D eigenvalue weighted by Crippen LogP contribution is -2.43. The lowest BCUT2D eigenvalue weighted by Gasteiger charge is -2.36. The highest BCUT2D eigenvalue weighted by atomic mass is 32.2. The number of nitrogens with one attached hydrogen (secondary N) is 1. The molecule has 1 fully saturated rings. The molecule has 0 radical (unpaired) electrons. The molecule has 0 amide bonds. The topological polar surface area (TPSA) is 52.5 Å². The maximum atomic E-state index is 9.48. The van der Waals surface area contributed by atoms with Crippen LogP contribution in [-0.2, 0) is 0 Å². The van der Waals surface area contributed by atoms with Gasteiger partial charge in [-0.1, -0.05) is 26.7 Å². The molecule has 0 saturated heterocycles. The van der Waals surface area contributed by atoms with Crippen LogP contribution in [0.1, 0.15) is 46.0 Å². The second kappa shape index (κ2) is 9.18. The Morgan fingerprint density at radius 3 is 2.72 bits per heavy atom. The molecule has 3 nitrogen and oxygen atoms in total. The molecule has 3 N–H and O–H groups in total. The molecule has 0 aromatic heterocycles. The largest absolute Gasteiger partial charge is 0.394 e. The molecule has 18 heavy (non-hydrogen) atoms. The average Bonchev–Trinajstić information content (AvgIpc) is 2.39. The summed E-state index contributed by atoms with van der Waals surface area (Å²) in [6.45, 7) is 5.31. The van der Waals surface area contributed by atoms with E-state index < -0.39 is 6.10 Å². The molecule has 4 heteroatoms. The first-order valence-electron chi connectivity index (χ1n) is 7.35. The van der Waals surface area contributed by atoms with Crippen molar-refractivity contribution in [2.75, 3.05) is 18.9 Å². The molecular formula is C14H29NO2S. The predicted molar refractivity (Wildman–Crippen MR) is 79.1 cm³/mol. The van der Waals surface area contributed by atoms with Gasteiger partial charge in [0, 0.05) is 17.0 Å². The van der Waals surface area contributed by atoms with E-state index in [4.69, 9.17) is 5.11 Å². The van der Waals surface area contributed by atoms with Crippen LogP contribution in [0.25, 0.3) is 0 Å². The minimum Gasteiger partial charge on any atom is -0.394 e. The van der Waals surface area contributed by atoms with Crippen molar-refractivity contribution in [3.8, 4) is 0 Å². The van der Waals surface area contributed by atoms with Crippen LogP contribution >= 0.6 is 11.8 Å². The summed E-state index contributed by atoms with van der Waals surface area (Å²) in [5, 5.41) is 22.5. The minimum absolute atomic E-state index is 0.121. The van der Waals surface area contributed by atoms with Gasteiger partial charge in [0.25, 0.3) is 0 Å². The monoisotopic (exact) mass is 275 g/mol. The van der Waals surface area contributed by atoms with Crippen molar-refractivity contribution in [2.45, 2.75) is 63.3 Å². The van der Waals surface area contributed by atoms with Gasteiger partial charge >= 0.3 is 0 Å². The van der Waals surface area contributed by atoms with Gasteiger partial charge in [0.15, 0.2) is 0 Å². The summed E-state index contributed by atoms with van der Waals surface area (Å²) < 4.78 is 0. The Kier molecular flexibility index (Phi) is 8.31. The highest BCUT2D eigenvalue weighted by Gasteiger charge is 2.30. The molecular weight excluding hydrogens is 246 g/mol. The summed E-state index contributed by atoms with van der Waals surface area (Å²) in [5.74, 6) is 1.51. The van der Waals surface area contributed by atoms with Gasteiger partial charge < -0.3 is 15.5 Å². The van der Waals surface area contributed by atoms with Crippen LogP contribution in [-0.4, -0.2) is 46.5 Å². The number of aliphatic hydroxyl groups is 2. The van der Waals surface area contributed by atoms with Gasteiger partial charge in [-0.25, -0.2) is 0 Å². The van der Waals surface area contributed by atoms with E-state index in [1.54, 1.807) is 0 Å². The van der Waals surface area contributed by atoms with E-state index in [9.17, 15) is 5.11 Å². The minimum atomic E-state index is -0.566. The van der Waals surface area contributed by atoms with Gasteiger partial charge in [-0.15, -0.1) is 0 Å². The van der Waals surface area contributed by atoms with Gasteiger partial charge in [-0.05, 0) is 31.7 Å². The van der Waals surface area contributed by atoms with Gasteiger partial charge in [0.2, 0.25) is 0 Å². The zero-order valence-corrected chi connectivity index (χ0v) is 12.6. The Balaban J connectivity index is 2.43. The first-order valence-corrected chi connectivity index (χ1v) is 8.40. The number of thioether (sulfide) groups is 1.